The van der Waals surface area contributed by atoms with Crippen molar-refractivity contribution in [3.8, 4) is 11.5 Å². The largest absolute Gasteiger partial charge is 0.465 e. The highest BCUT2D eigenvalue weighted by atomic mass is 16.5. The summed E-state index contributed by atoms with van der Waals surface area (Å²) in [6, 6.07) is 17.5. The van der Waals surface area contributed by atoms with Crippen molar-refractivity contribution in [1.29, 1.82) is 0 Å². The fourth-order valence-electron chi connectivity index (χ4n) is 4.55. The second-order valence-corrected chi connectivity index (χ2v) is 10.2. The summed E-state index contributed by atoms with van der Waals surface area (Å²) in [4.78, 5) is 36.8. The number of anilines is 4. The molecule has 1 aromatic carbocycles. The van der Waals surface area contributed by atoms with Crippen molar-refractivity contribution in [2.75, 3.05) is 43.4 Å². The first-order valence-electron chi connectivity index (χ1n) is 13.4. The number of hydrogen-bond acceptors (Lipinski definition) is 11. The molecule has 5 heterocycles. The van der Waals surface area contributed by atoms with E-state index in [4.69, 9.17) is 4.74 Å². The molecule has 0 amide bonds. The molecule has 3 N–H and O–H groups in total. The zero-order valence-electron chi connectivity index (χ0n) is 22.2. The van der Waals surface area contributed by atoms with Gasteiger partial charge in [-0.25, -0.2) is 19.9 Å². The molecule has 0 bridgehead atoms. The molecule has 0 saturated carbocycles. The van der Waals surface area contributed by atoms with E-state index < -0.39 is 0 Å². The third kappa shape index (κ3) is 6.38. The van der Waals surface area contributed by atoms with E-state index in [0.29, 0.717) is 41.6 Å². The predicted octanol–water partition coefficient (Wildman–Crippen LogP) is 3.32. The minimum absolute atomic E-state index is 0.0137. The van der Waals surface area contributed by atoms with Crippen LogP contribution in [0.2, 0.25) is 0 Å². The van der Waals surface area contributed by atoms with Crippen LogP contribution in [0.15, 0.2) is 67.0 Å². The Morgan fingerprint density at radius 1 is 0.950 bits per heavy atom. The Morgan fingerprint density at radius 3 is 2.48 bits per heavy atom. The lowest BCUT2D eigenvalue weighted by Crippen LogP contribution is -2.51. The van der Waals surface area contributed by atoms with Crippen molar-refractivity contribution in [3.05, 3.63) is 78.2 Å². The highest BCUT2D eigenvalue weighted by Crippen LogP contribution is 2.23. The molecule has 3 aromatic heterocycles. The van der Waals surface area contributed by atoms with Crippen LogP contribution in [0.5, 0.6) is 0 Å². The summed E-state index contributed by atoms with van der Waals surface area (Å²) in [6.45, 7) is 6.64. The molecule has 0 unspecified atom stereocenters. The molecule has 2 aliphatic rings. The quantitative estimate of drug-likeness (QED) is 0.258. The number of carbonyl (C=O) groups excluding carboxylic acids is 1. The molecule has 0 radical (unpaired) electrons. The van der Waals surface area contributed by atoms with Crippen molar-refractivity contribution < 1.29 is 9.53 Å². The minimum atomic E-state index is -0.0668. The van der Waals surface area contributed by atoms with Gasteiger partial charge < -0.3 is 20.7 Å². The lowest BCUT2D eigenvalue weighted by Gasteiger charge is -2.38. The van der Waals surface area contributed by atoms with Gasteiger partial charge in [-0.05, 0) is 48.9 Å². The monoisotopic (exact) mass is 537 g/mol. The summed E-state index contributed by atoms with van der Waals surface area (Å²) in [5.41, 5.74) is 3.68. The molecular weight excluding hydrogens is 506 g/mol. The van der Waals surface area contributed by atoms with Gasteiger partial charge in [0.1, 0.15) is 17.3 Å². The van der Waals surface area contributed by atoms with Crippen LogP contribution in [-0.2, 0) is 16.1 Å². The molecule has 2 fully saturated rings. The normalized spacial score (nSPS) is 15.6. The minimum Gasteiger partial charge on any atom is -0.465 e. The van der Waals surface area contributed by atoms with E-state index in [-0.39, 0.29) is 11.9 Å². The van der Waals surface area contributed by atoms with Crippen molar-refractivity contribution in [2.24, 2.45) is 11.8 Å². The Bertz CT molecular complexity index is 1470. The van der Waals surface area contributed by atoms with Gasteiger partial charge in [0, 0.05) is 62.4 Å². The summed E-state index contributed by atoms with van der Waals surface area (Å²) >= 11 is 0. The first-order chi connectivity index (χ1) is 19.6. The average molecular weight is 538 g/mol. The third-order valence-electron chi connectivity index (χ3n) is 6.92. The standard InChI is InChI=1S/C29H31N9O2/c1-19-3-2-4-24(33-19)27-31-11-9-25(36-27)35-26-10-12-32-29(37-26)34-23-7-5-20(6-8-23)15-38-16-22(17-38)28(39)40-18-21-13-30-14-21/h2-12,21-22,30H,13-18H2,1H3,(H2,31,32,34,35,36,37). The zero-order chi connectivity index (χ0) is 27.3. The van der Waals surface area contributed by atoms with E-state index in [2.05, 4.69) is 57.9 Å². The second kappa shape index (κ2) is 11.7. The molecule has 11 heteroatoms. The van der Waals surface area contributed by atoms with Crippen LogP contribution in [0.1, 0.15) is 11.3 Å². The van der Waals surface area contributed by atoms with Gasteiger partial charge in [-0.1, -0.05) is 18.2 Å². The Balaban J connectivity index is 1.00. The summed E-state index contributed by atoms with van der Waals surface area (Å²) in [5.74, 6) is 2.62. The molecule has 2 saturated heterocycles. The number of hydrogen-bond donors (Lipinski definition) is 3. The molecule has 40 heavy (non-hydrogen) atoms. The number of ether oxygens (including phenoxy) is 1. The van der Waals surface area contributed by atoms with Crippen LogP contribution < -0.4 is 16.0 Å². The van der Waals surface area contributed by atoms with Gasteiger partial charge in [0.25, 0.3) is 0 Å². The number of rotatable bonds is 10. The number of esters is 1. The highest BCUT2D eigenvalue weighted by molar-refractivity contribution is 5.74. The summed E-state index contributed by atoms with van der Waals surface area (Å²) in [7, 11) is 0. The molecular formula is C29H31N9O2. The van der Waals surface area contributed by atoms with E-state index in [1.54, 1.807) is 24.5 Å². The smallest absolute Gasteiger partial charge is 0.311 e. The number of nitrogens with one attached hydrogen (secondary N) is 3. The number of pyridine rings is 1. The molecule has 0 spiro atoms. The molecule has 2 aliphatic heterocycles. The SMILES string of the molecule is Cc1cccc(-c2nccc(Nc3ccnc(Nc4ccc(CN5CC(C(=O)OCC6CNC6)C5)cc4)n3)n2)n1. The van der Waals surface area contributed by atoms with Crippen LogP contribution >= 0.6 is 0 Å². The van der Waals surface area contributed by atoms with Crippen molar-refractivity contribution in [2.45, 2.75) is 13.5 Å². The first-order valence-corrected chi connectivity index (χ1v) is 13.4. The van der Waals surface area contributed by atoms with Crippen LogP contribution in [0.3, 0.4) is 0 Å². The lowest BCUT2D eigenvalue weighted by atomic mass is 9.99. The fraction of sp³-hybridized carbons (Fsp3) is 0.310. The van der Waals surface area contributed by atoms with Crippen molar-refractivity contribution in [3.63, 3.8) is 0 Å². The van der Waals surface area contributed by atoms with Gasteiger partial charge >= 0.3 is 5.97 Å². The number of carbonyl (C=O) groups is 1. The zero-order valence-corrected chi connectivity index (χ0v) is 22.2. The molecule has 4 aromatic rings. The van der Waals surface area contributed by atoms with Crippen LogP contribution in [0.4, 0.5) is 23.3 Å². The fourth-order valence-corrected chi connectivity index (χ4v) is 4.55. The average Bonchev–Trinajstić information content (AvgIpc) is 2.91. The Labute approximate surface area is 232 Å². The number of aromatic nitrogens is 5. The number of aryl methyl sites for hydroxylation is 1. The summed E-state index contributed by atoms with van der Waals surface area (Å²) < 4.78 is 5.45. The lowest BCUT2D eigenvalue weighted by molar-refractivity contribution is -0.156. The maximum Gasteiger partial charge on any atom is 0.311 e. The Kier molecular flexibility index (Phi) is 7.56. The summed E-state index contributed by atoms with van der Waals surface area (Å²) in [5, 5.41) is 9.66. The first kappa shape index (κ1) is 25.8. The number of benzene rings is 1. The summed E-state index contributed by atoms with van der Waals surface area (Å²) in [6.07, 6.45) is 3.38. The van der Waals surface area contributed by atoms with Crippen molar-refractivity contribution in [1.82, 2.24) is 35.1 Å². The van der Waals surface area contributed by atoms with Crippen molar-refractivity contribution >= 4 is 29.2 Å². The molecule has 0 atom stereocenters. The van der Waals surface area contributed by atoms with E-state index in [0.717, 1.165) is 44.1 Å². The number of nitrogens with zero attached hydrogens (tertiary/aromatic N) is 6. The van der Waals surface area contributed by atoms with E-state index in [1.165, 1.54) is 5.56 Å². The van der Waals surface area contributed by atoms with Gasteiger partial charge in [0.15, 0.2) is 5.82 Å². The van der Waals surface area contributed by atoms with Crippen LogP contribution in [0, 0.1) is 18.8 Å². The van der Waals surface area contributed by atoms with E-state index in [9.17, 15) is 4.79 Å². The van der Waals surface area contributed by atoms with Gasteiger partial charge in [-0.3, -0.25) is 9.69 Å². The third-order valence-corrected chi connectivity index (χ3v) is 6.92. The van der Waals surface area contributed by atoms with E-state index >= 15 is 0 Å². The second-order valence-electron chi connectivity index (χ2n) is 10.2. The molecule has 11 nitrogen and oxygen atoms in total. The van der Waals surface area contributed by atoms with Gasteiger partial charge in [-0.2, -0.15) is 4.98 Å². The van der Waals surface area contributed by atoms with Gasteiger partial charge in [-0.15, -0.1) is 0 Å². The Hall–Kier alpha value is -4.48. The van der Waals surface area contributed by atoms with E-state index in [1.807, 2.05) is 37.3 Å². The molecule has 204 valence electrons. The highest BCUT2D eigenvalue weighted by Gasteiger charge is 2.34. The van der Waals surface area contributed by atoms with Gasteiger partial charge in [0.2, 0.25) is 5.95 Å². The van der Waals surface area contributed by atoms with Gasteiger partial charge in [0.05, 0.1) is 12.5 Å². The maximum atomic E-state index is 12.2. The predicted molar refractivity (Wildman–Crippen MR) is 151 cm³/mol. The molecule has 0 aliphatic carbocycles. The Morgan fingerprint density at radius 2 is 1.73 bits per heavy atom. The topological polar surface area (TPSA) is 130 Å². The maximum absolute atomic E-state index is 12.2. The van der Waals surface area contributed by atoms with Crippen LogP contribution in [0.25, 0.3) is 11.5 Å². The van der Waals surface area contributed by atoms with Crippen LogP contribution in [-0.4, -0.2) is 68.6 Å². The molecule has 6 rings (SSSR count). The number of likely N-dealkylation sites (tertiary alicyclic amines) is 1.